The standard InChI is InChI=1S/C12H24N4/c1-5-11(13)12(16(6-2)7-3)10-8-14-15(4)9-10/h8-9,11-12H,5-7,13H2,1-4H3. The highest BCUT2D eigenvalue weighted by Gasteiger charge is 2.24. The largest absolute Gasteiger partial charge is 0.326 e. The molecule has 2 N–H and O–H groups in total. The van der Waals surface area contributed by atoms with Crippen LogP contribution in [0.3, 0.4) is 0 Å². The van der Waals surface area contributed by atoms with Gasteiger partial charge in [-0.1, -0.05) is 20.8 Å². The first-order valence-corrected chi connectivity index (χ1v) is 6.12. The van der Waals surface area contributed by atoms with E-state index in [4.69, 9.17) is 5.73 Å². The Kier molecular flexibility index (Phi) is 4.96. The lowest BCUT2D eigenvalue weighted by atomic mass is 9.99. The van der Waals surface area contributed by atoms with Crippen molar-refractivity contribution in [2.45, 2.75) is 39.3 Å². The Bertz CT molecular complexity index is 304. The van der Waals surface area contributed by atoms with Crippen molar-refractivity contribution in [1.82, 2.24) is 14.7 Å². The minimum absolute atomic E-state index is 0.170. The Hall–Kier alpha value is -0.870. The van der Waals surface area contributed by atoms with Gasteiger partial charge < -0.3 is 5.73 Å². The van der Waals surface area contributed by atoms with Gasteiger partial charge in [-0.2, -0.15) is 5.10 Å². The number of hydrogen-bond donors (Lipinski definition) is 1. The van der Waals surface area contributed by atoms with E-state index in [1.54, 1.807) is 0 Å². The second-order valence-corrected chi connectivity index (χ2v) is 4.19. The van der Waals surface area contributed by atoms with Crippen molar-refractivity contribution in [1.29, 1.82) is 0 Å². The van der Waals surface area contributed by atoms with Gasteiger partial charge in [0.15, 0.2) is 0 Å². The summed E-state index contributed by atoms with van der Waals surface area (Å²) in [6, 6.07) is 0.456. The third-order valence-corrected chi connectivity index (χ3v) is 3.15. The molecule has 2 unspecified atom stereocenters. The summed E-state index contributed by atoms with van der Waals surface area (Å²) in [4.78, 5) is 2.39. The molecular formula is C12H24N4. The smallest absolute Gasteiger partial charge is 0.0538 e. The van der Waals surface area contributed by atoms with Crippen molar-refractivity contribution in [3.05, 3.63) is 18.0 Å². The van der Waals surface area contributed by atoms with Crippen LogP contribution in [0.5, 0.6) is 0 Å². The van der Waals surface area contributed by atoms with E-state index in [1.165, 1.54) is 5.56 Å². The van der Waals surface area contributed by atoms with Crippen LogP contribution in [-0.2, 0) is 7.05 Å². The van der Waals surface area contributed by atoms with Crippen molar-refractivity contribution in [3.63, 3.8) is 0 Å². The number of rotatable bonds is 6. The van der Waals surface area contributed by atoms with Gasteiger partial charge in [0.2, 0.25) is 0 Å². The first-order chi connectivity index (χ1) is 7.63. The first-order valence-electron chi connectivity index (χ1n) is 6.12. The highest BCUT2D eigenvalue weighted by Crippen LogP contribution is 2.24. The lowest BCUT2D eigenvalue weighted by Crippen LogP contribution is -2.40. The monoisotopic (exact) mass is 224 g/mol. The normalized spacial score (nSPS) is 15.4. The zero-order valence-electron chi connectivity index (χ0n) is 10.8. The molecule has 0 fully saturated rings. The Morgan fingerprint density at radius 3 is 2.38 bits per heavy atom. The molecule has 1 heterocycles. The molecule has 0 bridgehead atoms. The van der Waals surface area contributed by atoms with Crippen LogP contribution in [0.25, 0.3) is 0 Å². The summed E-state index contributed by atoms with van der Waals surface area (Å²) < 4.78 is 1.84. The van der Waals surface area contributed by atoms with Crippen LogP contribution < -0.4 is 5.73 Å². The van der Waals surface area contributed by atoms with Gasteiger partial charge >= 0.3 is 0 Å². The van der Waals surface area contributed by atoms with E-state index in [9.17, 15) is 0 Å². The molecule has 16 heavy (non-hydrogen) atoms. The molecule has 4 heteroatoms. The predicted octanol–water partition coefficient (Wildman–Crippen LogP) is 1.54. The summed E-state index contributed by atoms with van der Waals surface area (Å²) in [5.41, 5.74) is 7.45. The molecule has 0 saturated heterocycles. The molecule has 0 spiro atoms. The molecule has 1 rings (SSSR count). The van der Waals surface area contributed by atoms with E-state index in [0.717, 1.165) is 19.5 Å². The number of nitrogens with two attached hydrogens (primary N) is 1. The lowest BCUT2D eigenvalue weighted by Gasteiger charge is -2.33. The SMILES string of the molecule is CCC(N)C(c1cnn(C)c1)N(CC)CC. The van der Waals surface area contributed by atoms with Gasteiger partial charge in [0.05, 0.1) is 12.2 Å². The van der Waals surface area contributed by atoms with Crippen molar-refractivity contribution < 1.29 is 0 Å². The number of aryl methyl sites for hydroxylation is 1. The molecule has 0 aliphatic carbocycles. The molecule has 1 aromatic rings. The van der Waals surface area contributed by atoms with Gasteiger partial charge in [-0.3, -0.25) is 9.58 Å². The first kappa shape index (κ1) is 13.2. The van der Waals surface area contributed by atoms with Crippen LogP contribution in [0, 0.1) is 0 Å². The quantitative estimate of drug-likeness (QED) is 0.797. The Labute approximate surface area is 98.4 Å². The summed E-state index contributed by atoms with van der Waals surface area (Å²) in [5.74, 6) is 0. The molecule has 1 aromatic heterocycles. The Balaban J connectivity index is 2.94. The van der Waals surface area contributed by atoms with E-state index in [2.05, 4.69) is 37.0 Å². The van der Waals surface area contributed by atoms with Crippen LogP contribution in [-0.4, -0.2) is 33.8 Å². The summed E-state index contributed by atoms with van der Waals surface area (Å²) >= 11 is 0. The molecule has 0 radical (unpaired) electrons. The fourth-order valence-electron chi connectivity index (χ4n) is 2.16. The maximum absolute atomic E-state index is 6.23. The van der Waals surface area contributed by atoms with Gasteiger partial charge in [0.25, 0.3) is 0 Å². The van der Waals surface area contributed by atoms with Gasteiger partial charge in [-0.05, 0) is 19.5 Å². The predicted molar refractivity (Wildman–Crippen MR) is 67.1 cm³/mol. The molecular weight excluding hydrogens is 200 g/mol. The molecule has 4 nitrogen and oxygen atoms in total. The maximum Gasteiger partial charge on any atom is 0.0538 e. The number of hydrogen-bond acceptors (Lipinski definition) is 3. The van der Waals surface area contributed by atoms with Gasteiger partial charge in [0.1, 0.15) is 0 Å². The van der Waals surface area contributed by atoms with Gasteiger partial charge in [-0.15, -0.1) is 0 Å². The van der Waals surface area contributed by atoms with Crippen molar-refractivity contribution in [2.75, 3.05) is 13.1 Å². The zero-order valence-corrected chi connectivity index (χ0v) is 10.8. The van der Waals surface area contributed by atoms with Crippen LogP contribution in [0.4, 0.5) is 0 Å². The van der Waals surface area contributed by atoms with Crippen molar-refractivity contribution >= 4 is 0 Å². The number of aromatic nitrogens is 2. The zero-order chi connectivity index (χ0) is 12.1. The highest BCUT2D eigenvalue weighted by molar-refractivity contribution is 5.13. The summed E-state index contributed by atoms with van der Waals surface area (Å²) in [7, 11) is 1.94. The van der Waals surface area contributed by atoms with E-state index in [-0.39, 0.29) is 12.1 Å². The van der Waals surface area contributed by atoms with Crippen molar-refractivity contribution in [2.24, 2.45) is 12.8 Å². The summed E-state index contributed by atoms with van der Waals surface area (Å²) in [6.07, 6.45) is 4.98. The molecule has 0 saturated carbocycles. The minimum Gasteiger partial charge on any atom is -0.326 e. The number of likely N-dealkylation sites (N-methyl/N-ethyl adjacent to an activating group) is 1. The van der Waals surface area contributed by atoms with E-state index < -0.39 is 0 Å². The lowest BCUT2D eigenvalue weighted by molar-refractivity contribution is 0.187. The number of nitrogens with zero attached hydrogens (tertiary/aromatic N) is 3. The molecule has 2 atom stereocenters. The average Bonchev–Trinajstić information content (AvgIpc) is 2.71. The van der Waals surface area contributed by atoms with Gasteiger partial charge in [0, 0.05) is 24.8 Å². The fourth-order valence-corrected chi connectivity index (χ4v) is 2.16. The van der Waals surface area contributed by atoms with E-state index in [0.29, 0.717) is 0 Å². The second-order valence-electron chi connectivity index (χ2n) is 4.19. The van der Waals surface area contributed by atoms with Crippen molar-refractivity contribution in [3.8, 4) is 0 Å². The van der Waals surface area contributed by atoms with Crippen LogP contribution >= 0.6 is 0 Å². The van der Waals surface area contributed by atoms with E-state index >= 15 is 0 Å². The Morgan fingerprint density at radius 2 is 2.00 bits per heavy atom. The summed E-state index contributed by atoms with van der Waals surface area (Å²) in [5, 5.41) is 4.24. The van der Waals surface area contributed by atoms with Crippen LogP contribution in [0.15, 0.2) is 12.4 Å². The molecule has 0 aromatic carbocycles. The topological polar surface area (TPSA) is 47.1 Å². The summed E-state index contributed by atoms with van der Waals surface area (Å²) in [6.45, 7) is 8.52. The van der Waals surface area contributed by atoms with Crippen LogP contribution in [0.2, 0.25) is 0 Å². The molecule has 0 aliphatic heterocycles. The molecule has 92 valence electrons. The minimum atomic E-state index is 0.170. The highest BCUT2D eigenvalue weighted by atomic mass is 15.3. The molecule has 0 amide bonds. The third kappa shape index (κ3) is 2.83. The molecule has 0 aliphatic rings. The van der Waals surface area contributed by atoms with E-state index in [1.807, 2.05) is 17.9 Å². The Morgan fingerprint density at radius 1 is 1.38 bits per heavy atom. The van der Waals surface area contributed by atoms with Gasteiger partial charge in [-0.25, -0.2) is 0 Å². The second kappa shape index (κ2) is 6.01. The average molecular weight is 224 g/mol. The maximum atomic E-state index is 6.23. The fraction of sp³-hybridized carbons (Fsp3) is 0.750. The third-order valence-electron chi connectivity index (χ3n) is 3.15. The van der Waals surface area contributed by atoms with Crippen LogP contribution in [0.1, 0.15) is 38.8 Å².